The van der Waals surface area contributed by atoms with Gasteiger partial charge >= 0.3 is 0 Å². The SMILES string of the molecule is CC(=O)NCc1ccc(N2C[C@H](C3CC3)[C@@H](N)C2)nc1. The van der Waals surface area contributed by atoms with Crippen LogP contribution in [0.5, 0.6) is 0 Å². The van der Waals surface area contributed by atoms with Crippen molar-refractivity contribution in [3.05, 3.63) is 23.9 Å². The Morgan fingerprint density at radius 3 is 2.85 bits per heavy atom. The molecule has 0 unspecified atom stereocenters. The Kier molecular flexibility index (Phi) is 3.61. The Labute approximate surface area is 119 Å². The van der Waals surface area contributed by atoms with Gasteiger partial charge in [-0.25, -0.2) is 4.98 Å². The molecule has 1 amide bonds. The first-order chi connectivity index (χ1) is 9.63. The number of rotatable bonds is 4. The molecule has 5 nitrogen and oxygen atoms in total. The van der Waals surface area contributed by atoms with E-state index in [2.05, 4.69) is 15.2 Å². The van der Waals surface area contributed by atoms with E-state index in [0.717, 1.165) is 30.4 Å². The number of carbonyl (C=O) groups is 1. The summed E-state index contributed by atoms with van der Waals surface area (Å²) in [5, 5.41) is 2.78. The zero-order valence-corrected chi connectivity index (χ0v) is 11.9. The van der Waals surface area contributed by atoms with Crippen LogP contribution in [0.3, 0.4) is 0 Å². The van der Waals surface area contributed by atoms with E-state index >= 15 is 0 Å². The zero-order valence-electron chi connectivity index (χ0n) is 11.9. The molecule has 2 atom stereocenters. The summed E-state index contributed by atoms with van der Waals surface area (Å²) in [6.07, 6.45) is 4.52. The molecule has 1 aromatic rings. The number of amides is 1. The molecule has 3 rings (SSSR count). The van der Waals surface area contributed by atoms with Gasteiger partial charge in [0.1, 0.15) is 5.82 Å². The Balaban J connectivity index is 1.61. The lowest BCUT2D eigenvalue weighted by molar-refractivity contribution is -0.119. The van der Waals surface area contributed by atoms with Gasteiger partial charge in [0.2, 0.25) is 5.91 Å². The molecule has 108 valence electrons. The standard InChI is InChI=1S/C15H22N4O/c1-10(20)17-6-11-2-5-15(18-7-11)19-8-13(12-3-4-12)14(16)9-19/h2,5,7,12-14H,3-4,6,8-9,16H2,1H3,(H,17,20)/t13-,14+/m1/s1. The largest absolute Gasteiger partial charge is 0.355 e. The number of hydrogen-bond donors (Lipinski definition) is 2. The molecule has 5 heteroatoms. The van der Waals surface area contributed by atoms with Gasteiger partial charge in [-0.2, -0.15) is 0 Å². The summed E-state index contributed by atoms with van der Waals surface area (Å²) in [5.41, 5.74) is 7.26. The number of nitrogens with zero attached hydrogens (tertiary/aromatic N) is 2. The van der Waals surface area contributed by atoms with Gasteiger partial charge in [-0.1, -0.05) is 6.07 Å². The van der Waals surface area contributed by atoms with Crippen LogP contribution in [0, 0.1) is 11.8 Å². The van der Waals surface area contributed by atoms with Crippen LogP contribution in [0.15, 0.2) is 18.3 Å². The van der Waals surface area contributed by atoms with Gasteiger partial charge in [0.15, 0.2) is 0 Å². The van der Waals surface area contributed by atoms with Crippen LogP contribution >= 0.6 is 0 Å². The molecule has 1 saturated carbocycles. The van der Waals surface area contributed by atoms with Crippen molar-refractivity contribution in [1.29, 1.82) is 0 Å². The maximum Gasteiger partial charge on any atom is 0.217 e. The third-order valence-electron chi connectivity index (χ3n) is 4.31. The molecule has 1 aliphatic carbocycles. The summed E-state index contributed by atoms with van der Waals surface area (Å²) < 4.78 is 0. The van der Waals surface area contributed by atoms with E-state index in [-0.39, 0.29) is 11.9 Å². The number of nitrogens with one attached hydrogen (secondary N) is 1. The number of nitrogens with two attached hydrogens (primary N) is 1. The lowest BCUT2D eigenvalue weighted by Gasteiger charge is -2.17. The predicted molar refractivity (Wildman–Crippen MR) is 78.2 cm³/mol. The van der Waals surface area contributed by atoms with Crippen LogP contribution in [0.2, 0.25) is 0 Å². The monoisotopic (exact) mass is 274 g/mol. The number of aromatic nitrogens is 1. The molecule has 1 aromatic heterocycles. The van der Waals surface area contributed by atoms with E-state index in [4.69, 9.17) is 5.73 Å². The fourth-order valence-corrected chi connectivity index (χ4v) is 3.00. The van der Waals surface area contributed by atoms with Crippen molar-refractivity contribution in [2.24, 2.45) is 17.6 Å². The molecule has 20 heavy (non-hydrogen) atoms. The van der Waals surface area contributed by atoms with Crippen LogP contribution in [0.1, 0.15) is 25.3 Å². The van der Waals surface area contributed by atoms with E-state index in [1.165, 1.54) is 19.8 Å². The summed E-state index contributed by atoms with van der Waals surface area (Å²) in [6, 6.07) is 4.33. The summed E-state index contributed by atoms with van der Waals surface area (Å²) in [7, 11) is 0. The van der Waals surface area contributed by atoms with Gasteiger partial charge < -0.3 is 16.0 Å². The highest BCUT2D eigenvalue weighted by molar-refractivity contribution is 5.72. The molecule has 2 aliphatic rings. The lowest BCUT2D eigenvalue weighted by Crippen LogP contribution is -2.30. The normalized spacial score (nSPS) is 25.8. The molecular formula is C15H22N4O. The first-order valence-electron chi connectivity index (χ1n) is 7.33. The number of anilines is 1. The van der Waals surface area contributed by atoms with Gasteiger partial charge in [-0.3, -0.25) is 4.79 Å². The van der Waals surface area contributed by atoms with Gasteiger partial charge in [0, 0.05) is 38.8 Å². The molecule has 2 fully saturated rings. The van der Waals surface area contributed by atoms with Crippen LogP contribution in [0.25, 0.3) is 0 Å². The topological polar surface area (TPSA) is 71.2 Å². The van der Waals surface area contributed by atoms with Gasteiger partial charge in [-0.15, -0.1) is 0 Å². The van der Waals surface area contributed by atoms with E-state index in [1.54, 1.807) is 0 Å². The van der Waals surface area contributed by atoms with Crippen molar-refractivity contribution in [3.63, 3.8) is 0 Å². The highest BCUT2D eigenvalue weighted by atomic mass is 16.1. The maximum atomic E-state index is 10.9. The number of hydrogen-bond acceptors (Lipinski definition) is 4. The molecule has 2 heterocycles. The van der Waals surface area contributed by atoms with Crippen LogP contribution < -0.4 is 16.0 Å². The molecule has 0 radical (unpaired) electrons. The van der Waals surface area contributed by atoms with Crippen LogP contribution in [-0.2, 0) is 11.3 Å². The number of carbonyl (C=O) groups excluding carboxylic acids is 1. The fourth-order valence-electron chi connectivity index (χ4n) is 3.00. The van der Waals surface area contributed by atoms with Crippen molar-refractivity contribution in [1.82, 2.24) is 10.3 Å². The van der Waals surface area contributed by atoms with Crippen LogP contribution in [0.4, 0.5) is 5.82 Å². The molecule has 0 spiro atoms. The summed E-state index contributed by atoms with van der Waals surface area (Å²) in [5.74, 6) is 2.45. The van der Waals surface area contributed by atoms with Crippen molar-refractivity contribution < 1.29 is 4.79 Å². The molecule has 3 N–H and O–H groups in total. The minimum Gasteiger partial charge on any atom is -0.355 e. The average molecular weight is 274 g/mol. The van der Waals surface area contributed by atoms with Crippen molar-refractivity contribution in [2.45, 2.75) is 32.4 Å². The van der Waals surface area contributed by atoms with Crippen molar-refractivity contribution in [3.8, 4) is 0 Å². The van der Waals surface area contributed by atoms with E-state index in [0.29, 0.717) is 12.5 Å². The zero-order chi connectivity index (χ0) is 14.1. The number of pyridine rings is 1. The molecule has 0 aromatic carbocycles. The Hall–Kier alpha value is -1.62. The van der Waals surface area contributed by atoms with E-state index < -0.39 is 0 Å². The highest BCUT2D eigenvalue weighted by Crippen LogP contribution is 2.41. The second-order valence-electron chi connectivity index (χ2n) is 6.00. The summed E-state index contributed by atoms with van der Waals surface area (Å²) in [6.45, 7) is 3.99. The first-order valence-corrected chi connectivity index (χ1v) is 7.33. The van der Waals surface area contributed by atoms with E-state index in [1.807, 2.05) is 18.3 Å². The minimum atomic E-state index is -0.0214. The Bertz CT molecular complexity index is 483. The smallest absolute Gasteiger partial charge is 0.217 e. The second-order valence-corrected chi connectivity index (χ2v) is 6.00. The quantitative estimate of drug-likeness (QED) is 0.855. The lowest BCUT2D eigenvalue weighted by atomic mass is 9.99. The van der Waals surface area contributed by atoms with Crippen molar-refractivity contribution >= 4 is 11.7 Å². The fraction of sp³-hybridized carbons (Fsp3) is 0.600. The van der Waals surface area contributed by atoms with Gasteiger partial charge in [0.25, 0.3) is 0 Å². The molecular weight excluding hydrogens is 252 g/mol. The van der Waals surface area contributed by atoms with Gasteiger partial charge in [-0.05, 0) is 36.3 Å². The predicted octanol–water partition coefficient (Wildman–Crippen LogP) is 0.891. The first kappa shape index (κ1) is 13.4. The molecule has 1 saturated heterocycles. The average Bonchev–Trinajstić information content (AvgIpc) is 3.20. The Morgan fingerprint density at radius 1 is 1.45 bits per heavy atom. The maximum absolute atomic E-state index is 10.9. The minimum absolute atomic E-state index is 0.0214. The summed E-state index contributed by atoms with van der Waals surface area (Å²) in [4.78, 5) is 17.7. The second kappa shape index (κ2) is 5.40. The van der Waals surface area contributed by atoms with Crippen LogP contribution in [-0.4, -0.2) is 30.0 Å². The molecule has 0 bridgehead atoms. The third-order valence-corrected chi connectivity index (χ3v) is 4.31. The van der Waals surface area contributed by atoms with Gasteiger partial charge in [0.05, 0.1) is 0 Å². The highest BCUT2D eigenvalue weighted by Gasteiger charge is 2.41. The van der Waals surface area contributed by atoms with Crippen molar-refractivity contribution in [2.75, 3.05) is 18.0 Å². The Morgan fingerprint density at radius 2 is 2.25 bits per heavy atom. The third kappa shape index (κ3) is 2.93. The summed E-state index contributed by atoms with van der Waals surface area (Å²) >= 11 is 0. The van der Waals surface area contributed by atoms with E-state index in [9.17, 15) is 4.79 Å². The molecule has 1 aliphatic heterocycles.